The maximum Gasteiger partial charge on any atom is 0.317 e. The Morgan fingerprint density at radius 2 is 2.27 bits per heavy atom. The molecule has 0 saturated heterocycles. The van der Waals surface area contributed by atoms with Gasteiger partial charge in [0.05, 0.1) is 7.11 Å². The lowest BCUT2D eigenvalue weighted by Gasteiger charge is -1.96. The van der Waals surface area contributed by atoms with Crippen LogP contribution in [0, 0.1) is 24.6 Å². The minimum Gasteiger partial charge on any atom is -0.468 e. The average molecular weight is 206 g/mol. The third-order valence-corrected chi connectivity index (χ3v) is 1.88. The smallest absolute Gasteiger partial charge is 0.317 e. The van der Waals surface area contributed by atoms with Gasteiger partial charge in [-0.25, -0.2) is 4.39 Å². The number of halogens is 1. The quantitative estimate of drug-likeness (QED) is 0.519. The molecule has 0 bridgehead atoms. The minimum atomic E-state index is -0.392. The lowest BCUT2D eigenvalue weighted by atomic mass is 10.1. The maximum absolute atomic E-state index is 12.8. The van der Waals surface area contributed by atoms with Gasteiger partial charge in [0.1, 0.15) is 12.2 Å². The van der Waals surface area contributed by atoms with E-state index in [1.165, 1.54) is 19.2 Å². The highest BCUT2D eigenvalue weighted by Crippen LogP contribution is 2.08. The molecule has 0 aliphatic heterocycles. The maximum atomic E-state index is 12.8. The lowest BCUT2D eigenvalue weighted by Crippen LogP contribution is -1.97. The van der Waals surface area contributed by atoms with E-state index in [1.54, 1.807) is 6.07 Å². The van der Waals surface area contributed by atoms with Crippen LogP contribution in [0.25, 0.3) is 0 Å². The van der Waals surface area contributed by atoms with Gasteiger partial charge >= 0.3 is 5.97 Å². The Kier molecular flexibility index (Phi) is 3.87. The van der Waals surface area contributed by atoms with Crippen LogP contribution in [0.4, 0.5) is 4.39 Å². The number of ether oxygens (including phenoxy) is 1. The van der Waals surface area contributed by atoms with E-state index in [0.717, 1.165) is 5.56 Å². The van der Waals surface area contributed by atoms with Crippen molar-refractivity contribution in [1.82, 2.24) is 0 Å². The number of rotatable bonds is 1. The van der Waals surface area contributed by atoms with Crippen molar-refractivity contribution in [2.75, 3.05) is 7.11 Å². The Hall–Kier alpha value is -1.82. The molecular weight excluding hydrogens is 195 g/mol. The molecular formula is C12H11FO2. The van der Waals surface area contributed by atoms with Crippen molar-refractivity contribution in [1.29, 1.82) is 0 Å². The van der Waals surface area contributed by atoms with Gasteiger partial charge in [-0.2, -0.15) is 0 Å². The number of carbonyl (C=O) groups is 1. The SMILES string of the molecule is COC(=O)CC#Cc1cc(F)ccc1C. The van der Waals surface area contributed by atoms with Crippen molar-refractivity contribution >= 4 is 5.97 Å². The summed E-state index contributed by atoms with van der Waals surface area (Å²) in [7, 11) is 1.30. The Labute approximate surface area is 88.1 Å². The topological polar surface area (TPSA) is 26.3 Å². The number of hydrogen-bond acceptors (Lipinski definition) is 2. The first-order valence-corrected chi connectivity index (χ1v) is 4.45. The van der Waals surface area contributed by atoms with Gasteiger partial charge in [0, 0.05) is 5.56 Å². The molecule has 0 amide bonds. The Balaban J connectivity index is 2.79. The third-order valence-electron chi connectivity index (χ3n) is 1.88. The van der Waals surface area contributed by atoms with E-state index in [2.05, 4.69) is 16.6 Å². The molecule has 2 nitrogen and oxygen atoms in total. The molecule has 0 saturated carbocycles. The van der Waals surface area contributed by atoms with Gasteiger partial charge in [-0.15, -0.1) is 0 Å². The monoisotopic (exact) mass is 206 g/mol. The van der Waals surface area contributed by atoms with Crippen molar-refractivity contribution in [3.8, 4) is 11.8 Å². The van der Waals surface area contributed by atoms with Crippen molar-refractivity contribution < 1.29 is 13.9 Å². The average Bonchev–Trinajstić information content (AvgIpc) is 2.23. The van der Waals surface area contributed by atoms with Crippen LogP contribution in [0.1, 0.15) is 17.5 Å². The molecule has 0 spiro atoms. The van der Waals surface area contributed by atoms with Gasteiger partial charge in [-0.05, 0) is 24.6 Å². The Morgan fingerprint density at radius 1 is 1.53 bits per heavy atom. The second-order valence-electron chi connectivity index (χ2n) is 3.01. The van der Waals surface area contributed by atoms with E-state index in [0.29, 0.717) is 5.56 Å². The van der Waals surface area contributed by atoms with Crippen LogP contribution in [-0.2, 0) is 9.53 Å². The molecule has 0 unspecified atom stereocenters. The van der Waals surface area contributed by atoms with Crippen LogP contribution in [-0.4, -0.2) is 13.1 Å². The molecule has 0 fully saturated rings. The van der Waals surface area contributed by atoms with E-state index >= 15 is 0 Å². The summed E-state index contributed by atoms with van der Waals surface area (Å²) in [6, 6.07) is 4.37. The molecule has 0 aliphatic rings. The number of methoxy groups -OCH3 is 1. The predicted octanol–water partition coefficient (Wildman–Crippen LogP) is 2.05. The van der Waals surface area contributed by atoms with Gasteiger partial charge < -0.3 is 4.74 Å². The number of carbonyl (C=O) groups excluding carboxylic acids is 1. The summed E-state index contributed by atoms with van der Waals surface area (Å²) in [6.07, 6.45) is 0.0203. The second-order valence-corrected chi connectivity index (χ2v) is 3.01. The zero-order valence-electron chi connectivity index (χ0n) is 8.63. The fourth-order valence-corrected chi connectivity index (χ4v) is 1.01. The van der Waals surface area contributed by atoms with Gasteiger partial charge in [0.15, 0.2) is 0 Å². The first-order valence-electron chi connectivity index (χ1n) is 4.45. The van der Waals surface area contributed by atoms with E-state index in [4.69, 9.17) is 0 Å². The van der Waals surface area contributed by atoms with Crippen LogP contribution in [0.5, 0.6) is 0 Å². The summed E-state index contributed by atoms with van der Waals surface area (Å²) in [6.45, 7) is 1.83. The van der Waals surface area contributed by atoms with E-state index in [1.807, 2.05) is 6.92 Å². The fourth-order valence-electron chi connectivity index (χ4n) is 1.01. The molecule has 0 aliphatic carbocycles. The van der Waals surface area contributed by atoms with Crippen LogP contribution in [0.15, 0.2) is 18.2 Å². The number of hydrogen-bond donors (Lipinski definition) is 0. The highest BCUT2D eigenvalue weighted by atomic mass is 19.1. The zero-order chi connectivity index (χ0) is 11.3. The van der Waals surface area contributed by atoms with Crippen LogP contribution < -0.4 is 0 Å². The Morgan fingerprint density at radius 3 is 2.93 bits per heavy atom. The standard InChI is InChI=1S/C12H11FO2/c1-9-6-7-11(13)8-10(9)4-3-5-12(14)15-2/h6-8H,5H2,1-2H3. The summed E-state index contributed by atoms with van der Waals surface area (Å²) in [4.78, 5) is 10.8. The van der Waals surface area contributed by atoms with Gasteiger partial charge in [0.2, 0.25) is 0 Å². The lowest BCUT2D eigenvalue weighted by molar-refractivity contribution is -0.139. The van der Waals surface area contributed by atoms with Gasteiger partial charge in [0.25, 0.3) is 0 Å². The molecule has 1 aromatic carbocycles. The zero-order valence-corrected chi connectivity index (χ0v) is 8.63. The van der Waals surface area contributed by atoms with Gasteiger partial charge in [-0.1, -0.05) is 17.9 Å². The highest BCUT2D eigenvalue weighted by molar-refractivity contribution is 5.72. The minimum absolute atomic E-state index is 0.0203. The molecule has 1 aromatic rings. The van der Waals surface area contributed by atoms with Crippen LogP contribution >= 0.6 is 0 Å². The molecule has 0 aromatic heterocycles. The Bertz CT molecular complexity index is 427. The summed E-state index contributed by atoms with van der Waals surface area (Å²) in [5.41, 5.74) is 1.48. The molecule has 78 valence electrons. The van der Waals surface area contributed by atoms with Gasteiger partial charge in [-0.3, -0.25) is 4.79 Å². The van der Waals surface area contributed by atoms with Crippen LogP contribution in [0.3, 0.4) is 0 Å². The van der Waals surface area contributed by atoms with E-state index in [-0.39, 0.29) is 12.2 Å². The summed E-state index contributed by atoms with van der Waals surface area (Å²) in [5.74, 6) is 4.63. The van der Waals surface area contributed by atoms with Crippen LogP contribution in [0.2, 0.25) is 0 Å². The van der Waals surface area contributed by atoms with E-state index < -0.39 is 5.97 Å². The number of aryl methyl sites for hydroxylation is 1. The second kappa shape index (κ2) is 5.16. The van der Waals surface area contributed by atoms with Crippen molar-refractivity contribution in [3.63, 3.8) is 0 Å². The first kappa shape index (κ1) is 11.3. The molecule has 0 radical (unpaired) electrons. The van der Waals surface area contributed by atoms with Crippen molar-refractivity contribution in [2.45, 2.75) is 13.3 Å². The predicted molar refractivity (Wildman–Crippen MR) is 54.6 cm³/mol. The van der Waals surface area contributed by atoms with Crippen molar-refractivity contribution in [3.05, 3.63) is 35.1 Å². The van der Waals surface area contributed by atoms with E-state index in [9.17, 15) is 9.18 Å². The summed E-state index contributed by atoms with van der Waals surface area (Å²) >= 11 is 0. The highest BCUT2D eigenvalue weighted by Gasteiger charge is 1.97. The molecule has 3 heteroatoms. The fraction of sp³-hybridized carbons (Fsp3) is 0.250. The first-order chi connectivity index (χ1) is 7.13. The molecule has 1 rings (SSSR count). The largest absolute Gasteiger partial charge is 0.468 e. The molecule has 0 heterocycles. The number of benzene rings is 1. The summed E-state index contributed by atoms with van der Waals surface area (Å²) < 4.78 is 17.3. The summed E-state index contributed by atoms with van der Waals surface area (Å²) in [5, 5.41) is 0. The number of esters is 1. The van der Waals surface area contributed by atoms with Crippen molar-refractivity contribution in [2.24, 2.45) is 0 Å². The third kappa shape index (κ3) is 3.43. The molecule has 0 atom stereocenters. The normalized spacial score (nSPS) is 9.00. The molecule has 0 N–H and O–H groups in total. The molecule has 15 heavy (non-hydrogen) atoms.